The number of benzene rings is 2. The Morgan fingerprint density at radius 1 is 1.09 bits per heavy atom. The Bertz CT molecular complexity index is 1280. The molecule has 2 heterocycles. The van der Waals surface area contributed by atoms with E-state index in [0.29, 0.717) is 18.0 Å². The molecule has 172 valence electrons. The van der Waals surface area contributed by atoms with Crippen molar-refractivity contribution < 1.29 is 9.90 Å². The molecule has 4 aromatic rings. The molecule has 1 atom stereocenters. The minimum atomic E-state index is -0.842. The van der Waals surface area contributed by atoms with E-state index in [1.54, 1.807) is 6.07 Å². The first-order chi connectivity index (χ1) is 16.2. The summed E-state index contributed by atoms with van der Waals surface area (Å²) in [5.74, 6) is -0.159. The molecule has 2 aromatic carbocycles. The summed E-state index contributed by atoms with van der Waals surface area (Å²) in [4.78, 5) is 15.5. The number of H-pyrrole nitrogens is 1. The standard InChI is InChI=1S/C29H34N2O2/c1-2-3-4-5-9-20-10-6-12-23-24-13-8-14-25(29(32)33)28(24)31(27(23)18-20)19-21-11-7-15-26-22(21)16-17-30-26/h7-8,11,13-17,20,30H,2-6,9-10,12,18-19H2,1H3,(H,32,33). The third-order valence-electron chi connectivity index (χ3n) is 7.54. The maximum absolute atomic E-state index is 12.2. The van der Waals surface area contributed by atoms with Gasteiger partial charge in [-0.05, 0) is 60.9 Å². The first-order valence-electron chi connectivity index (χ1n) is 12.6. The summed E-state index contributed by atoms with van der Waals surface area (Å²) in [7, 11) is 0. The summed E-state index contributed by atoms with van der Waals surface area (Å²) in [6.07, 6.45) is 13.0. The van der Waals surface area contributed by atoms with Gasteiger partial charge in [-0.3, -0.25) is 0 Å². The quantitative estimate of drug-likeness (QED) is 0.222. The summed E-state index contributed by atoms with van der Waals surface area (Å²) < 4.78 is 2.35. The Hall–Kier alpha value is -3.01. The summed E-state index contributed by atoms with van der Waals surface area (Å²) in [5.41, 5.74) is 6.42. The van der Waals surface area contributed by atoms with Crippen LogP contribution in [0.15, 0.2) is 48.7 Å². The fourth-order valence-corrected chi connectivity index (χ4v) is 5.90. The van der Waals surface area contributed by atoms with E-state index in [0.717, 1.165) is 29.3 Å². The van der Waals surface area contributed by atoms with Crippen LogP contribution in [0, 0.1) is 5.92 Å². The molecule has 0 amide bonds. The average Bonchev–Trinajstić information content (AvgIpc) is 3.34. The predicted octanol–water partition coefficient (Wildman–Crippen LogP) is 7.33. The summed E-state index contributed by atoms with van der Waals surface area (Å²) in [6, 6.07) is 14.3. The van der Waals surface area contributed by atoms with E-state index in [9.17, 15) is 9.90 Å². The third kappa shape index (κ3) is 4.19. The number of nitrogens with one attached hydrogen (secondary N) is 1. The van der Waals surface area contributed by atoms with Crippen molar-refractivity contribution in [1.29, 1.82) is 0 Å². The molecule has 4 nitrogen and oxygen atoms in total. The normalized spacial score (nSPS) is 16.2. The van der Waals surface area contributed by atoms with Gasteiger partial charge in [0, 0.05) is 34.7 Å². The van der Waals surface area contributed by atoms with Crippen molar-refractivity contribution in [3.05, 3.63) is 71.0 Å². The molecule has 1 unspecified atom stereocenters. The minimum Gasteiger partial charge on any atom is -0.478 e. The van der Waals surface area contributed by atoms with E-state index in [1.165, 1.54) is 67.2 Å². The lowest BCUT2D eigenvalue weighted by Crippen LogP contribution is -2.12. The van der Waals surface area contributed by atoms with Crippen LogP contribution in [0.3, 0.4) is 0 Å². The second kappa shape index (κ2) is 9.46. The Morgan fingerprint density at radius 2 is 1.97 bits per heavy atom. The molecule has 2 N–H and O–H groups in total. The van der Waals surface area contributed by atoms with E-state index in [4.69, 9.17) is 0 Å². The van der Waals surface area contributed by atoms with Gasteiger partial charge in [0.1, 0.15) is 0 Å². The van der Waals surface area contributed by atoms with Gasteiger partial charge in [-0.1, -0.05) is 63.3 Å². The van der Waals surface area contributed by atoms with Crippen LogP contribution in [0.25, 0.3) is 21.8 Å². The van der Waals surface area contributed by atoms with Crippen LogP contribution in [0.1, 0.15) is 79.0 Å². The van der Waals surface area contributed by atoms with Crippen LogP contribution in [0.4, 0.5) is 0 Å². The summed E-state index contributed by atoms with van der Waals surface area (Å²) in [6.45, 7) is 2.97. The molecule has 0 radical (unpaired) electrons. The molecule has 2 aromatic heterocycles. The maximum Gasteiger partial charge on any atom is 0.337 e. The van der Waals surface area contributed by atoms with E-state index < -0.39 is 5.97 Å². The van der Waals surface area contributed by atoms with Crippen molar-refractivity contribution in [1.82, 2.24) is 9.55 Å². The highest BCUT2D eigenvalue weighted by molar-refractivity contribution is 6.04. The van der Waals surface area contributed by atoms with Gasteiger partial charge in [0.2, 0.25) is 0 Å². The molecule has 1 aliphatic carbocycles. The number of carboxylic acid groups (broad SMARTS) is 1. The first kappa shape index (κ1) is 21.8. The molecule has 5 rings (SSSR count). The number of nitrogens with zero attached hydrogens (tertiary/aromatic N) is 1. The maximum atomic E-state index is 12.2. The van der Waals surface area contributed by atoms with Crippen molar-refractivity contribution in [3.63, 3.8) is 0 Å². The molecule has 0 spiro atoms. The topological polar surface area (TPSA) is 58.0 Å². The highest BCUT2D eigenvalue weighted by Gasteiger charge is 2.26. The van der Waals surface area contributed by atoms with Gasteiger partial charge in [-0.15, -0.1) is 0 Å². The van der Waals surface area contributed by atoms with Gasteiger partial charge in [0.05, 0.1) is 11.1 Å². The van der Waals surface area contributed by atoms with Crippen LogP contribution in [0.5, 0.6) is 0 Å². The van der Waals surface area contributed by atoms with Gasteiger partial charge in [0.25, 0.3) is 0 Å². The molecule has 0 fully saturated rings. The zero-order valence-electron chi connectivity index (χ0n) is 19.6. The second-order valence-corrected chi connectivity index (χ2v) is 9.69. The monoisotopic (exact) mass is 442 g/mol. The van der Waals surface area contributed by atoms with Crippen molar-refractivity contribution in [2.24, 2.45) is 5.92 Å². The second-order valence-electron chi connectivity index (χ2n) is 9.69. The SMILES string of the molecule is CCCCCCC1CCCc2c(n(Cc3cccc4[nH]ccc34)c3c(C(=O)O)cccc23)C1. The average molecular weight is 443 g/mol. The highest BCUT2D eigenvalue weighted by atomic mass is 16.4. The van der Waals surface area contributed by atoms with Crippen LogP contribution in [-0.2, 0) is 19.4 Å². The Balaban J connectivity index is 1.61. The summed E-state index contributed by atoms with van der Waals surface area (Å²) in [5, 5.41) is 12.4. The predicted molar refractivity (Wildman–Crippen MR) is 135 cm³/mol. The number of aromatic nitrogens is 2. The van der Waals surface area contributed by atoms with Gasteiger partial charge in [-0.2, -0.15) is 0 Å². The van der Waals surface area contributed by atoms with Crippen molar-refractivity contribution >= 4 is 27.8 Å². The van der Waals surface area contributed by atoms with Crippen molar-refractivity contribution in [3.8, 4) is 0 Å². The van der Waals surface area contributed by atoms with Crippen molar-refractivity contribution in [2.45, 2.75) is 71.3 Å². The Labute approximate surface area is 195 Å². The van der Waals surface area contributed by atoms with Gasteiger partial charge in [-0.25, -0.2) is 4.79 Å². The molecular formula is C29H34N2O2. The molecule has 0 aliphatic heterocycles. The van der Waals surface area contributed by atoms with E-state index in [1.807, 2.05) is 12.3 Å². The number of para-hydroxylation sites is 1. The third-order valence-corrected chi connectivity index (χ3v) is 7.54. The molecule has 0 saturated heterocycles. The van der Waals surface area contributed by atoms with Crippen LogP contribution >= 0.6 is 0 Å². The minimum absolute atomic E-state index is 0.418. The number of hydrogen-bond acceptors (Lipinski definition) is 1. The van der Waals surface area contributed by atoms with Gasteiger partial charge in [0.15, 0.2) is 0 Å². The lowest BCUT2D eigenvalue weighted by atomic mass is 9.93. The molecule has 33 heavy (non-hydrogen) atoms. The largest absolute Gasteiger partial charge is 0.478 e. The molecule has 0 bridgehead atoms. The number of rotatable bonds is 8. The van der Waals surface area contributed by atoms with E-state index in [-0.39, 0.29) is 0 Å². The smallest absolute Gasteiger partial charge is 0.337 e. The number of hydrogen-bond donors (Lipinski definition) is 2. The fraction of sp³-hybridized carbons (Fsp3) is 0.414. The van der Waals surface area contributed by atoms with Gasteiger partial charge >= 0.3 is 5.97 Å². The lowest BCUT2D eigenvalue weighted by Gasteiger charge is -2.18. The van der Waals surface area contributed by atoms with E-state index in [2.05, 4.69) is 46.8 Å². The zero-order chi connectivity index (χ0) is 22.8. The number of carbonyl (C=O) groups is 1. The Morgan fingerprint density at radius 3 is 2.82 bits per heavy atom. The van der Waals surface area contributed by atoms with Crippen molar-refractivity contribution in [2.75, 3.05) is 0 Å². The molecular weight excluding hydrogens is 408 g/mol. The number of aromatic amines is 1. The number of aryl methyl sites for hydroxylation is 1. The summed E-state index contributed by atoms with van der Waals surface area (Å²) >= 11 is 0. The van der Waals surface area contributed by atoms with Crippen LogP contribution < -0.4 is 0 Å². The number of aromatic carboxylic acids is 1. The van der Waals surface area contributed by atoms with Crippen LogP contribution in [-0.4, -0.2) is 20.6 Å². The number of carboxylic acids is 1. The number of fused-ring (bicyclic) bond motifs is 4. The zero-order valence-corrected chi connectivity index (χ0v) is 19.6. The number of unbranched alkanes of at least 4 members (excludes halogenated alkanes) is 3. The Kier molecular flexibility index (Phi) is 6.26. The molecule has 4 heteroatoms. The first-order valence-corrected chi connectivity index (χ1v) is 12.6. The lowest BCUT2D eigenvalue weighted by molar-refractivity contribution is 0.0698. The van der Waals surface area contributed by atoms with Crippen LogP contribution in [0.2, 0.25) is 0 Å². The molecule has 1 aliphatic rings. The highest BCUT2D eigenvalue weighted by Crippen LogP contribution is 2.37. The fourth-order valence-electron chi connectivity index (χ4n) is 5.90. The van der Waals surface area contributed by atoms with E-state index >= 15 is 0 Å². The molecule has 0 saturated carbocycles. The van der Waals surface area contributed by atoms with Gasteiger partial charge < -0.3 is 14.7 Å².